The largest absolute Gasteiger partial charge is 0.478 e. The van der Waals surface area contributed by atoms with E-state index >= 15 is 8.78 Å². The van der Waals surface area contributed by atoms with E-state index in [4.69, 9.17) is 14.5 Å². The summed E-state index contributed by atoms with van der Waals surface area (Å²) in [5.41, 5.74) is 2.11. The molecule has 0 saturated carbocycles. The van der Waals surface area contributed by atoms with Crippen LogP contribution in [0.4, 0.5) is 13.2 Å². The molecule has 0 amide bonds. The Balaban J connectivity index is 1.14. The van der Waals surface area contributed by atoms with Crippen molar-refractivity contribution in [1.82, 2.24) is 19.5 Å². The summed E-state index contributed by atoms with van der Waals surface area (Å²) < 4.78 is 59.8. The first-order valence-corrected chi connectivity index (χ1v) is 16.4. The molecule has 1 saturated heterocycles. The molecule has 250 valence electrons. The van der Waals surface area contributed by atoms with Gasteiger partial charge in [0.25, 0.3) is 0 Å². The van der Waals surface area contributed by atoms with E-state index in [0.717, 1.165) is 22.0 Å². The Morgan fingerprint density at radius 2 is 1.84 bits per heavy atom. The highest BCUT2D eigenvalue weighted by Gasteiger charge is 2.39. The molecule has 1 N–H and O–H groups in total. The standard InChI is InChI=1S/C37H31F3N4O4S/c1-20-41-16-32(49-20)21-7-8-23(26(38)11-21)17-48-35-6-4-5-29(43-35)25-15-27(39)24(12-28(25)40)14-34-42-30-10-9-22(36(45)46)13-31(30)44(34)33-18-47-19-37(33,2)3/h4-13,15-16,33H,14,17-19H2,1-3H3,(H,45,46). The van der Waals surface area contributed by atoms with Crippen LogP contribution >= 0.6 is 11.3 Å². The lowest BCUT2D eigenvalue weighted by Gasteiger charge is -2.28. The van der Waals surface area contributed by atoms with Crippen LogP contribution < -0.4 is 4.74 Å². The van der Waals surface area contributed by atoms with E-state index in [9.17, 15) is 14.3 Å². The van der Waals surface area contributed by atoms with Gasteiger partial charge in [0.05, 0.1) is 51.4 Å². The Bertz CT molecular complexity index is 2230. The normalized spacial score (nSPS) is 15.6. The summed E-state index contributed by atoms with van der Waals surface area (Å²) >= 11 is 1.47. The molecular formula is C37H31F3N4O4S. The van der Waals surface area contributed by atoms with Crippen LogP contribution in [0.3, 0.4) is 0 Å². The fourth-order valence-corrected chi connectivity index (χ4v) is 6.90. The zero-order chi connectivity index (χ0) is 34.4. The van der Waals surface area contributed by atoms with Gasteiger partial charge in [-0.2, -0.15) is 0 Å². The predicted octanol–water partition coefficient (Wildman–Crippen LogP) is 8.41. The van der Waals surface area contributed by atoms with E-state index in [1.54, 1.807) is 48.7 Å². The molecule has 3 aromatic heterocycles. The number of ether oxygens (including phenoxy) is 2. The summed E-state index contributed by atoms with van der Waals surface area (Å²) in [5, 5.41) is 10.5. The van der Waals surface area contributed by atoms with Crippen molar-refractivity contribution in [3.05, 3.63) is 118 Å². The Hall–Kier alpha value is -5.07. The van der Waals surface area contributed by atoms with Gasteiger partial charge in [-0.25, -0.2) is 32.9 Å². The molecule has 1 fully saturated rings. The number of carboxylic acids is 1. The molecule has 0 radical (unpaired) electrons. The second-order valence-electron chi connectivity index (χ2n) is 12.7. The number of pyridine rings is 1. The number of nitrogens with zero attached hydrogens (tertiary/aromatic N) is 4. The quantitative estimate of drug-likeness (QED) is 0.163. The van der Waals surface area contributed by atoms with Gasteiger partial charge in [0.15, 0.2) is 0 Å². The van der Waals surface area contributed by atoms with Gasteiger partial charge in [-0.05, 0) is 60.5 Å². The first kappa shape index (κ1) is 32.5. The molecule has 1 aliphatic heterocycles. The summed E-state index contributed by atoms with van der Waals surface area (Å²) in [7, 11) is 0. The first-order valence-electron chi connectivity index (χ1n) is 15.6. The summed E-state index contributed by atoms with van der Waals surface area (Å²) in [5.74, 6) is -2.28. The van der Waals surface area contributed by atoms with Crippen molar-refractivity contribution >= 4 is 28.3 Å². The van der Waals surface area contributed by atoms with Crippen molar-refractivity contribution in [2.45, 2.75) is 39.8 Å². The molecule has 8 nitrogen and oxygen atoms in total. The fraction of sp³-hybridized carbons (Fsp3) is 0.243. The molecule has 7 rings (SSSR count). The topological polar surface area (TPSA) is 99.4 Å². The number of rotatable bonds is 9. The Morgan fingerprint density at radius 3 is 2.55 bits per heavy atom. The van der Waals surface area contributed by atoms with Crippen molar-refractivity contribution < 1.29 is 32.5 Å². The van der Waals surface area contributed by atoms with E-state index in [1.165, 1.54) is 23.5 Å². The molecule has 0 aliphatic carbocycles. The van der Waals surface area contributed by atoms with Crippen LogP contribution in [0.15, 0.2) is 72.9 Å². The minimum atomic E-state index is -1.08. The highest BCUT2D eigenvalue weighted by molar-refractivity contribution is 7.15. The molecule has 49 heavy (non-hydrogen) atoms. The van der Waals surface area contributed by atoms with Gasteiger partial charge >= 0.3 is 5.97 Å². The number of thiazole rings is 1. The van der Waals surface area contributed by atoms with Crippen LogP contribution in [0, 0.1) is 29.8 Å². The maximum Gasteiger partial charge on any atom is 0.335 e. The molecule has 1 atom stereocenters. The number of halogens is 3. The smallest absolute Gasteiger partial charge is 0.335 e. The van der Waals surface area contributed by atoms with E-state index in [1.807, 2.05) is 25.3 Å². The van der Waals surface area contributed by atoms with Crippen molar-refractivity contribution in [1.29, 1.82) is 0 Å². The SMILES string of the molecule is Cc1ncc(-c2ccc(COc3cccc(-c4cc(F)c(Cc5nc6ccc(C(=O)O)cc6n5C5COCC5(C)C)cc4F)n3)c(F)c2)s1. The summed E-state index contributed by atoms with van der Waals surface area (Å²) in [4.78, 5) is 25.9. The average Bonchev–Trinajstić information content (AvgIpc) is 3.76. The molecule has 0 bridgehead atoms. The highest BCUT2D eigenvalue weighted by atomic mass is 32.1. The second kappa shape index (κ2) is 12.8. The van der Waals surface area contributed by atoms with Gasteiger partial charge in [0, 0.05) is 35.2 Å². The minimum Gasteiger partial charge on any atom is -0.478 e. The van der Waals surface area contributed by atoms with E-state index in [2.05, 4.69) is 9.97 Å². The third kappa shape index (κ3) is 6.41. The molecule has 3 aromatic carbocycles. The number of hydrogen-bond donors (Lipinski definition) is 1. The zero-order valence-electron chi connectivity index (χ0n) is 26.8. The van der Waals surface area contributed by atoms with Gasteiger partial charge in [-0.15, -0.1) is 11.3 Å². The summed E-state index contributed by atoms with van der Waals surface area (Å²) in [6.07, 6.45) is 1.66. The number of carboxylic acid groups (broad SMARTS) is 1. The number of hydrogen-bond acceptors (Lipinski definition) is 7. The molecule has 1 unspecified atom stereocenters. The fourth-order valence-electron chi connectivity index (χ4n) is 6.13. The van der Waals surface area contributed by atoms with Crippen molar-refractivity contribution in [3.63, 3.8) is 0 Å². The van der Waals surface area contributed by atoms with Gasteiger partial charge in [-0.3, -0.25) is 0 Å². The third-order valence-electron chi connectivity index (χ3n) is 8.79. The number of aryl methyl sites for hydroxylation is 1. The second-order valence-corrected chi connectivity index (χ2v) is 14.0. The van der Waals surface area contributed by atoms with Crippen LogP contribution in [0.1, 0.15) is 52.2 Å². The highest BCUT2D eigenvalue weighted by Crippen LogP contribution is 2.41. The lowest BCUT2D eigenvalue weighted by atomic mass is 9.87. The first-order chi connectivity index (χ1) is 23.5. The van der Waals surface area contributed by atoms with Crippen LogP contribution in [-0.4, -0.2) is 43.8 Å². The number of imidazole rings is 1. The van der Waals surface area contributed by atoms with Crippen LogP contribution in [0.25, 0.3) is 32.7 Å². The molecule has 1 aliphatic rings. The monoisotopic (exact) mass is 684 g/mol. The predicted molar refractivity (Wildman–Crippen MR) is 179 cm³/mol. The van der Waals surface area contributed by atoms with Gasteiger partial charge in [0.1, 0.15) is 29.9 Å². The van der Waals surface area contributed by atoms with Crippen molar-refractivity contribution in [2.24, 2.45) is 5.41 Å². The maximum absolute atomic E-state index is 15.7. The molecule has 6 aromatic rings. The van der Waals surface area contributed by atoms with E-state index in [-0.39, 0.29) is 52.7 Å². The number of aromatic carboxylic acids is 1. The number of aromatic nitrogens is 4. The lowest BCUT2D eigenvalue weighted by Crippen LogP contribution is -2.27. The zero-order valence-corrected chi connectivity index (χ0v) is 27.7. The summed E-state index contributed by atoms with van der Waals surface area (Å²) in [6, 6.07) is 16.2. The van der Waals surface area contributed by atoms with Gasteiger partial charge in [0.2, 0.25) is 5.88 Å². The van der Waals surface area contributed by atoms with Crippen molar-refractivity contribution in [3.8, 4) is 27.6 Å². The molecule has 0 spiro atoms. The van der Waals surface area contributed by atoms with Crippen LogP contribution in [0.2, 0.25) is 0 Å². The third-order valence-corrected chi connectivity index (χ3v) is 9.75. The maximum atomic E-state index is 15.7. The van der Waals surface area contributed by atoms with E-state index < -0.39 is 23.4 Å². The Labute approximate surface area is 283 Å². The number of carbonyl (C=O) groups is 1. The van der Waals surface area contributed by atoms with Gasteiger partial charge < -0.3 is 19.1 Å². The van der Waals surface area contributed by atoms with Crippen LogP contribution in [0.5, 0.6) is 5.88 Å². The Kier molecular flexibility index (Phi) is 8.45. The summed E-state index contributed by atoms with van der Waals surface area (Å²) in [6.45, 7) is 6.70. The molecule has 4 heterocycles. The van der Waals surface area contributed by atoms with Crippen molar-refractivity contribution in [2.75, 3.05) is 13.2 Å². The van der Waals surface area contributed by atoms with E-state index in [0.29, 0.717) is 41.2 Å². The molecule has 12 heteroatoms. The number of benzene rings is 3. The number of fused-ring (bicyclic) bond motifs is 1. The lowest BCUT2D eigenvalue weighted by molar-refractivity contribution is 0.0697. The van der Waals surface area contributed by atoms with Crippen LogP contribution in [-0.2, 0) is 17.8 Å². The minimum absolute atomic E-state index is 0.0454. The Morgan fingerprint density at radius 1 is 1.02 bits per heavy atom. The average molecular weight is 685 g/mol. The van der Waals surface area contributed by atoms with Gasteiger partial charge in [-0.1, -0.05) is 32.0 Å². The molecular weight excluding hydrogens is 653 g/mol.